The number of likely N-dealkylation sites (tertiary alicyclic amines) is 1. The molecule has 1 saturated carbocycles. The minimum Gasteiger partial charge on any atom is -0.490 e. The van der Waals surface area contributed by atoms with E-state index in [-0.39, 0.29) is 12.3 Å². The summed E-state index contributed by atoms with van der Waals surface area (Å²) in [5, 5.41) is 0. The van der Waals surface area contributed by atoms with Gasteiger partial charge in [-0.2, -0.15) is 0 Å². The van der Waals surface area contributed by atoms with E-state index >= 15 is 0 Å². The zero-order valence-corrected chi connectivity index (χ0v) is 17.2. The number of aliphatic imine (C=N–C) groups is 1. The fourth-order valence-electron chi connectivity index (χ4n) is 4.48. The summed E-state index contributed by atoms with van der Waals surface area (Å²) in [5.74, 6) is 0.907. The first-order chi connectivity index (χ1) is 14.8. The highest BCUT2D eigenvalue weighted by atomic mass is 16.5. The number of benzene rings is 1. The van der Waals surface area contributed by atoms with Gasteiger partial charge in [-0.1, -0.05) is 12.5 Å². The van der Waals surface area contributed by atoms with E-state index in [0.717, 1.165) is 60.3 Å². The molecule has 0 amide bonds. The number of ether oxygens (including phenoxy) is 1. The summed E-state index contributed by atoms with van der Waals surface area (Å²) < 4.78 is 6.26. The van der Waals surface area contributed by atoms with Gasteiger partial charge < -0.3 is 9.64 Å². The van der Waals surface area contributed by atoms with Crippen molar-refractivity contribution in [3.05, 3.63) is 66.0 Å². The third kappa shape index (κ3) is 4.08. The number of piperidine rings is 1. The molecule has 30 heavy (non-hydrogen) atoms. The molecule has 5 heteroatoms. The Hall–Kier alpha value is -2.79. The largest absolute Gasteiger partial charge is 0.490 e. The molecule has 3 heterocycles. The van der Waals surface area contributed by atoms with Gasteiger partial charge in [0.05, 0.1) is 11.4 Å². The van der Waals surface area contributed by atoms with Crippen LogP contribution in [0.5, 0.6) is 5.75 Å². The molecule has 0 bridgehead atoms. The van der Waals surface area contributed by atoms with Crippen LogP contribution in [0.2, 0.25) is 0 Å². The molecular formula is C25H27N3O2. The van der Waals surface area contributed by atoms with Crippen LogP contribution in [-0.4, -0.2) is 53.2 Å². The lowest BCUT2D eigenvalue weighted by atomic mass is 9.90. The molecule has 0 spiro atoms. The minimum absolute atomic E-state index is 0.00704. The quantitative estimate of drug-likeness (QED) is 0.762. The summed E-state index contributed by atoms with van der Waals surface area (Å²) in [4.78, 5) is 23.5. The number of carbonyl (C=O) groups is 1. The van der Waals surface area contributed by atoms with Crippen molar-refractivity contribution in [1.29, 1.82) is 0 Å². The van der Waals surface area contributed by atoms with Crippen molar-refractivity contribution in [3.8, 4) is 5.75 Å². The van der Waals surface area contributed by atoms with Crippen LogP contribution in [0.3, 0.4) is 0 Å². The highest BCUT2D eigenvalue weighted by Gasteiger charge is 2.29. The van der Waals surface area contributed by atoms with Gasteiger partial charge in [-0.05, 0) is 68.2 Å². The summed E-state index contributed by atoms with van der Waals surface area (Å²) in [6.45, 7) is 2.48. The van der Waals surface area contributed by atoms with Crippen molar-refractivity contribution in [3.63, 3.8) is 0 Å². The third-order valence-corrected chi connectivity index (χ3v) is 6.39. The van der Waals surface area contributed by atoms with Crippen LogP contribution in [0.25, 0.3) is 5.57 Å². The predicted octanol–water partition coefficient (Wildman–Crippen LogP) is 3.93. The molecular weight excluding hydrogens is 374 g/mol. The van der Waals surface area contributed by atoms with E-state index < -0.39 is 0 Å². The molecule has 3 aliphatic rings. The van der Waals surface area contributed by atoms with Crippen LogP contribution in [0, 0.1) is 0 Å². The maximum atomic E-state index is 12.0. The number of hydrogen-bond donors (Lipinski definition) is 0. The number of rotatable bonds is 5. The van der Waals surface area contributed by atoms with Crippen LogP contribution in [0.4, 0.5) is 0 Å². The fraction of sp³-hybridized carbons (Fsp3) is 0.400. The molecule has 0 atom stereocenters. The second-order valence-electron chi connectivity index (χ2n) is 8.37. The zero-order chi connectivity index (χ0) is 20.3. The summed E-state index contributed by atoms with van der Waals surface area (Å²) in [6, 6.07) is 14.6. The average molecular weight is 402 g/mol. The smallest absolute Gasteiger partial charge is 0.177 e. The Bertz CT molecular complexity index is 954. The maximum absolute atomic E-state index is 12.0. The van der Waals surface area contributed by atoms with Gasteiger partial charge in [0.2, 0.25) is 0 Å². The highest BCUT2D eigenvalue weighted by Crippen LogP contribution is 2.29. The lowest BCUT2D eigenvalue weighted by molar-refractivity contribution is -0.113. The lowest BCUT2D eigenvalue weighted by Crippen LogP contribution is -2.46. The van der Waals surface area contributed by atoms with E-state index in [1.54, 1.807) is 12.3 Å². The number of carbonyl (C=O) groups excluding carboxylic acids is 1. The number of nitrogens with zero attached hydrogens (tertiary/aromatic N) is 3. The first kappa shape index (κ1) is 19.2. The number of dihydropyridines is 1. The van der Waals surface area contributed by atoms with Crippen LogP contribution in [-0.2, 0) is 4.79 Å². The highest BCUT2D eigenvalue weighted by molar-refractivity contribution is 6.35. The van der Waals surface area contributed by atoms with E-state index in [2.05, 4.69) is 14.9 Å². The summed E-state index contributed by atoms with van der Waals surface area (Å²) in [7, 11) is 0. The molecule has 0 radical (unpaired) electrons. The second kappa shape index (κ2) is 8.52. The van der Waals surface area contributed by atoms with Crippen molar-refractivity contribution in [2.24, 2.45) is 4.99 Å². The fourth-order valence-corrected chi connectivity index (χ4v) is 4.48. The second-order valence-corrected chi connectivity index (χ2v) is 8.37. The first-order valence-corrected chi connectivity index (χ1v) is 11.0. The zero-order valence-electron chi connectivity index (χ0n) is 17.2. The van der Waals surface area contributed by atoms with E-state index in [0.29, 0.717) is 6.10 Å². The molecule has 1 saturated heterocycles. The molecule has 154 valence electrons. The van der Waals surface area contributed by atoms with Crippen molar-refractivity contribution in [2.75, 3.05) is 19.6 Å². The van der Waals surface area contributed by atoms with E-state index in [4.69, 9.17) is 4.74 Å². The van der Waals surface area contributed by atoms with Crippen molar-refractivity contribution < 1.29 is 9.53 Å². The van der Waals surface area contributed by atoms with Crippen molar-refractivity contribution in [2.45, 2.75) is 44.2 Å². The number of ketones is 1. The van der Waals surface area contributed by atoms with Gasteiger partial charge in [-0.3, -0.25) is 14.8 Å². The Morgan fingerprint density at radius 3 is 2.43 bits per heavy atom. The van der Waals surface area contributed by atoms with Crippen LogP contribution in [0.1, 0.15) is 43.4 Å². The van der Waals surface area contributed by atoms with Gasteiger partial charge in [0.25, 0.3) is 0 Å². The van der Waals surface area contributed by atoms with E-state index in [1.165, 1.54) is 19.3 Å². The average Bonchev–Trinajstić information content (AvgIpc) is 2.75. The molecule has 0 N–H and O–H groups in total. The molecule has 1 aromatic carbocycles. The number of aromatic nitrogens is 1. The maximum Gasteiger partial charge on any atom is 0.177 e. The summed E-state index contributed by atoms with van der Waals surface area (Å²) in [6.07, 6.45) is 10.0. The Morgan fingerprint density at radius 1 is 0.967 bits per heavy atom. The molecule has 0 unspecified atom stereocenters. The Labute approximate surface area is 177 Å². The first-order valence-electron chi connectivity index (χ1n) is 11.0. The monoisotopic (exact) mass is 401 g/mol. The van der Waals surface area contributed by atoms with Crippen LogP contribution in [0.15, 0.2) is 59.7 Å². The third-order valence-electron chi connectivity index (χ3n) is 6.39. The van der Waals surface area contributed by atoms with Gasteiger partial charge in [0.15, 0.2) is 5.78 Å². The van der Waals surface area contributed by atoms with Crippen molar-refractivity contribution >= 4 is 17.1 Å². The number of allylic oxidation sites excluding steroid dienone is 1. The molecule has 5 nitrogen and oxygen atoms in total. The lowest BCUT2D eigenvalue weighted by Gasteiger charge is -2.41. The van der Waals surface area contributed by atoms with Gasteiger partial charge in [0.1, 0.15) is 18.4 Å². The standard InChI is InChI=1S/C25H27N3O2/c29-20-16-23(24-6-1-2-13-26-24)25(27-17-20)18-7-9-21(10-8-18)30-22-11-14-28(15-12-22)19-4-3-5-19/h1-2,6-10,13,16,19,22H,3-5,11-12,14-15,17H2. The Balaban J connectivity index is 1.25. The number of pyridine rings is 1. The molecule has 1 aliphatic carbocycles. The number of hydrogen-bond acceptors (Lipinski definition) is 5. The minimum atomic E-state index is 0.00704. The Kier molecular flexibility index (Phi) is 5.45. The Morgan fingerprint density at radius 2 is 1.77 bits per heavy atom. The predicted molar refractivity (Wildman–Crippen MR) is 118 cm³/mol. The summed E-state index contributed by atoms with van der Waals surface area (Å²) in [5.41, 5.74) is 3.34. The van der Waals surface area contributed by atoms with Gasteiger partial charge in [0, 0.05) is 36.5 Å². The topological polar surface area (TPSA) is 54.8 Å². The van der Waals surface area contributed by atoms with Gasteiger partial charge >= 0.3 is 0 Å². The van der Waals surface area contributed by atoms with Gasteiger partial charge in [-0.25, -0.2) is 0 Å². The molecule has 2 aromatic rings. The molecule has 5 rings (SSSR count). The molecule has 2 fully saturated rings. The normalized spacial score (nSPS) is 21.0. The van der Waals surface area contributed by atoms with E-state index in [1.807, 2.05) is 42.5 Å². The van der Waals surface area contributed by atoms with Crippen LogP contribution >= 0.6 is 0 Å². The van der Waals surface area contributed by atoms with E-state index in [9.17, 15) is 4.79 Å². The van der Waals surface area contributed by atoms with Crippen LogP contribution < -0.4 is 4.74 Å². The van der Waals surface area contributed by atoms with Gasteiger partial charge in [-0.15, -0.1) is 0 Å². The van der Waals surface area contributed by atoms with Crippen molar-refractivity contribution in [1.82, 2.24) is 9.88 Å². The summed E-state index contributed by atoms with van der Waals surface area (Å²) >= 11 is 0. The SMILES string of the molecule is O=C1C=C(c2ccccn2)C(c2ccc(OC3CCN(C4CCC4)CC3)cc2)=NC1. The molecule has 2 aliphatic heterocycles. The molecule has 1 aromatic heterocycles.